The molecule has 2 N–H and O–H groups in total. The highest BCUT2D eigenvalue weighted by Gasteiger charge is 2.22. The molecule has 0 saturated heterocycles. The number of thiophene rings is 1. The van der Waals surface area contributed by atoms with Gasteiger partial charge in [-0.1, -0.05) is 48.9 Å². The molecule has 2 atom stereocenters. The maximum Gasteiger partial charge on any atom is 0.0561 e. The van der Waals surface area contributed by atoms with Gasteiger partial charge in [-0.25, -0.2) is 0 Å². The zero-order valence-electron chi connectivity index (χ0n) is 9.77. The Morgan fingerprint density at radius 3 is 2.47 bits per heavy atom. The Morgan fingerprint density at radius 2 is 1.94 bits per heavy atom. The lowest BCUT2D eigenvalue weighted by molar-refractivity contribution is 0.546. The van der Waals surface area contributed by atoms with Crippen LogP contribution >= 0.6 is 22.9 Å². The predicted molar refractivity (Wildman–Crippen MR) is 75.7 cm³/mol. The minimum Gasteiger partial charge on any atom is -0.323 e. The van der Waals surface area contributed by atoms with E-state index in [9.17, 15) is 0 Å². The molecule has 17 heavy (non-hydrogen) atoms. The molecule has 1 aromatic carbocycles. The monoisotopic (exact) mass is 265 g/mol. The van der Waals surface area contributed by atoms with E-state index in [-0.39, 0.29) is 6.04 Å². The van der Waals surface area contributed by atoms with Crippen molar-refractivity contribution in [3.63, 3.8) is 0 Å². The summed E-state index contributed by atoms with van der Waals surface area (Å²) in [5, 5.41) is 2.78. The molecule has 90 valence electrons. The van der Waals surface area contributed by atoms with Crippen molar-refractivity contribution >= 4 is 22.9 Å². The first-order chi connectivity index (χ1) is 8.24. The number of rotatable bonds is 4. The molecule has 0 saturated carbocycles. The summed E-state index contributed by atoms with van der Waals surface area (Å²) in [6.07, 6.45) is 1.01. The summed E-state index contributed by atoms with van der Waals surface area (Å²) in [6, 6.07) is 12.3. The van der Waals surface area contributed by atoms with E-state index < -0.39 is 0 Å². The fourth-order valence-electron chi connectivity index (χ4n) is 2.12. The third-order valence-corrected chi connectivity index (χ3v) is 4.51. The molecule has 1 nitrogen and oxygen atoms in total. The number of hydrogen-bond acceptors (Lipinski definition) is 2. The molecule has 0 amide bonds. The summed E-state index contributed by atoms with van der Waals surface area (Å²) in [4.78, 5) is 1.09. The summed E-state index contributed by atoms with van der Waals surface area (Å²) in [5.41, 5.74) is 7.64. The maximum absolute atomic E-state index is 6.35. The lowest BCUT2D eigenvalue weighted by atomic mass is 9.89. The molecule has 3 heteroatoms. The quantitative estimate of drug-likeness (QED) is 0.859. The first kappa shape index (κ1) is 12.6. The second kappa shape index (κ2) is 5.67. The molecule has 0 radical (unpaired) electrons. The van der Waals surface area contributed by atoms with Crippen molar-refractivity contribution in [3.05, 3.63) is 57.2 Å². The van der Waals surface area contributed by atoms with Crippen LogP contribution < -0.4 is 5.73 Å². The maximum atomic E-state index is 6.35. The largest absolute Gasteiger partial charge is 0.323 e. The van der Waals surface area contributed by atoms with Crippen LogP contribution in [0.2, 0.25) is 5.02 Å². The number of halogens is 1. The topological polar surface area (TPSA) is 26.0 Å². The van der Waals surface area contributed by atoms with Crippen molar-refractivity contribution in [2.45, 2.75) is 25.3 Å². The lowest BCUT2D eigenvalue weighted by Crippen LogP contribution is -2.18. The molecule has 0 bridgehead atoms. The normalized spacial score (nSPS) is 14.5. The average molecular weight is 266 g/mol. The van der Waals surface area contributed by atoms with E-state index in [0.29, 0.717) is 5.92 Å². The highest BCUT2D eigenvalue weighted by atomic mass is 35.5. The van der Waals surface area contributed by atoms with Gasteiger partial charge in [0.1, 0.15) is 0 Å². The Hall–Kier alpha value is -0.830. The van der Waals surface area contributed by atoms with Gasteiger partial charge in [-0.05, 0) is 23.4 Å². The van der Waals surface area contributed by atoms with Gasteiger partial charge in [0.25, 0.3) is 0 Å². The minimum absolute atomic E-state index is 0.0186. The van der Waals surface area contributed by atoms with E-state index >= 15 is 0 Å². The number of nitrogens with two attached hydrogens (primary N) is 1. The van der Waals surface area contributed by atoms with E-state index in [1.54, 1.807) is 11.3 Å². The summed E-state index contributed by atoms with van der Waals surface area (Å²) in [7, 11) is 0. The van der Waals surface area contributed by atoms with Crippen molar-refractivity contribution in [3.8, 4) is 0 Å². The van der Waals surface area contributed by atoms with Gasteiger partial charge >= 0.3 is 0 Å². The van der Waals surface area contributed by atoms with Crippen LogP contribution in [0.4, 0.5) is 0 Å². The molecule has 0 aliphatic rings. The number of benzene rings is 1. The minimum atomic E-state index is -0.0186. The highest BCUT2D eigenvalue weighted by Crippen LogP contribution is 2.37. The van der Waals surface area contributed by atoms with Gasteiger partial charge < -0.3 is 5.73 Å². The summed E-state index contributed by atoms with van der Waals surface area (Å²) < 4.78 is 0. The van der Waals surface area contributed by atoms with Gasteiger partial charge in [-0.3, -0.25) is 0 Å². The Labute approximate surface area is 111 Å². The third kappa shape index (κ3) is 2.71. The van der Waals surface area contributed by atoms with Crippen molar-refractivity contribution in [1.29, 1.82) is 0 Å². The third-order valence-electron chi connectivity index (χ3n) is 3.05. The SMILES string of the molecule is CCC(c1ccccc1)C(N)c1sccc1Cl. The standard InChI is InChI=1S/C14H16ClNS/c1-2-11(10-6-4-3-5-7-10)13(16)14-12(15)8-9-17-14/h3-9,11,13H,2,16H2,1H3. The van der Waals surface area contributed by atoms with Crippen LogP contribution in [0, 0.1) is 0 Å². The van der Waals surface area contributed by atoms with Crippen LogP contribution in [0.3, 0.4) is 0 Å². The van der Waals surface area contributed by atoms with Crippen molar-refractivity contribution < 1.29 is 0 Å². The molecule has 0 aliphatic heterocycles. The van der Waals surface area contributed by atoms with Crippen LogP contribution in [0.1, 0.15) is 35.7 Å². The van der Waals surface area contributed by atoms with E-state index in [1.165, 1.54) is 5.56 Å². The zero-order chi connectivity index (χ0) is 12.3. The fraction of sp³-hybridized carbons (Fsp3) is 0.286. The van der Waals surface area contributed by atoms with Gasteiger partial charge in [0, 0.05) is 16.8 Å². The van der Waals surface area contributed by atoms with Gasteiger partial charge in [0.15, 0.2) is 0 Å². The predicted octanol–water partition coefficient (Wildman–Crippen LogP) is 4.60. The first-order valence-electron chi connectivity index (χ1n) is 5.77. The Balaban J connectivity index is 2.28. The molecule has 1 heterocycles. The van der Waals surface area contributed by atoms with E-state index in [1.807, 2.05) is 17.5 Å². The van der Waals surface area contributed by atoms with Crippen LogP contribution in [0.15, 0.2) is 41.8 Å². The molecule has 2 unspecified atom stereocenters. The molecule has 0 aliphatic carbocycles. The van der Waals surface area contributed by atoms with Crippen molar-refractivity contribution in [2.75, 3.05) is 0 Å². The van der Waals surface area contributed by atoms with Crippen LogP contribution in [-0.2, 0) is 0 Å². The first-order valence-corrected chi connectivity index (χ1v) is 7.03. The zero-order valence-corrected chi connectivity index (χ0v) is 11.3. The highest BCUT2D eigenvalue weighted by molar-refractivity contribution is 7.10. The Bertz CT molecular complexity index is 466. The molecular formula is C14H16ClNS. The Kier molecular flexibility index (Phi) is 4.21. The van der Waals surface area contributed by atoms with Gasteiger partial charge in [-0.2, -0.15) is 0 Å². The van der Waals surface area contributed by atoms with Gasteiger partial charge in [0.05, 0.1) is 5.02 Å². The molecule has 1 aromatic heterocycles. The molecule has 0 fully saturated rings. The average Bonchev–Trinajstić information content (AvgIpc) is 2.77. The summed E-state index contributed by atoms with van der Waals surface area (Å²) in [5.74, 6) is 0.326. The second-order valence-corrected chi connectivity index (χ2v) is 5.44. The van der Waals surface area contributed by atoms with Crippen molar-refractivity contribution in [1.82, 2.24) is 0 Å². The van der Waals surface area contributed by atoms with Crippen LogP contribution in [-0.4, -0.2) is 0 Å². The van der Waals surface area contributed by atoms with Gasteiger partial charge in [0.2, 0.25) is 0 Å². The molecular weight excluding hydrogens is 250 g/mol. The Morgan fingerprint density at radius 1 is 1.24 bits per heavy atom. The lowest BCUT2D eigenvalue weighted by Gasteiger charge is -2.22. The smallest absolute Gasteiger partial charge is 0.0561 e. The second-order valence-electron chi connectivity index (χ2n) is 4.08. The van der Waals surface area contributed by atoms with Crippen LogP contribution in [0.5, 0.6) is 0 Å². The number of hydrogen-bond donors (Lipinski definition) is 1. The van der Waals surface area contributed by atoms with E-state index in [0.717, 1.165) is 16.3 Å². The molecule has 0 spiro atoms. The fourth-order valence-corrected chi connectivity index (χ4v) is 3.37. The summed E-state index contributed by atoms with van der Waals surface area (Å²) >= 11 is 7.79. The van der Waals surface area contributed by atoms with Gasteiger partial charge in [-0.15, -0.1) is 11.3 Å². The molecule has 2 rings (SSSR count). The van der Waals surface area contributed by atoms with Crippen LogP contribution in [0.25, 0.3) is 0 Å². The molecule has 2 aromatic rings. The summed E-state index contributed by atoms with van der Waals surface area (Å²) in [6.45, 7) is 2.17. The van der Waals surface area contributed by atoms with Crippen molar-refractivity contribution in [2.24, 2.45) is 5.73 Å². The van der Waals surface area contributed by atoms with E-state index in [2.05, 4.69) is 31.2 Å². The van der Waals surface area contributed by atoms with E-state index in [4.69, 9.17) is 17.3 Å².